The van der Waals surface area contributed by atoms with Crippen molar-refractivity contribution >= 4 is 32.5 Å². The van der Waals surface area contributed by atoms with Crippen LogP contribution in [0.25, 0.3) is 0 Å². The molecule has 2 rings (SSSR count). The van der Waals surface area contributed by atoms with Crippen LogP contribution >= 0.6 is 22.7 Å². The summed E-state index contributed by atoms with van der Waals surface area (Å²) in [5.41, 5.74) is 0. The zero-order chi connectivity index (χ0) is 12.1. The summed E-state index contributed by atoms with van der Waals surface area (Å²) in [5, 5.41) is 3.96. The number of aryl methyl sites for hydroxylation is 2. The van der Waals surface area contributed by atoms with Crippen molar-refractivity contribution in [3.63, 3.8) is 0 Å². The lowest BCUT2D eigenvalue weighted by Crippen LogP contribution is -2.14. The first kappa shape index (κ1) is 12.8. The van der Waals surface area contributed by atoms with Gasteiger partial charge in [0.25, 0.3) is 0 Å². The van der Waals surface area contributed by atoms with Gasteiger partial charge in [0.05, 0.1) is 11.5 Å². The van der Waals surface area contributed by atoms with E-state index >= 15 is 0 Å². The van der Waals surface area contributed by atoms with Crippen LogP contribution in [0.15, 0.2) is 35.0 Å². The average molecular weight is 286 g/mol. The van der Waals surface area contributed by atoms with Crippen LogP contribution in [0.3, 0.4) is 0 Å². The van der Waals surface area contributed by atoms with Crippen LogP contribution in [0.4, 0.5) is 0 Å². The Bertz CT molecular complexity index is 480. The second-order valence-electron chi connectivity index (χ2n) is 3.81. The third kappa shape index (κ3) is 4.26. The van der Waals surface area contributed by atoms with Crippen molar-refractivity contribution in [2.45, 2.75) is 12.8 Å². The van der Waals surface area contributed by atoms with Crippen molar-refractivity contribution in [1.82, 2.24) is 0 Å². The Morgan fingerprint density at radius 2 is 1.35 bits per heavy atom. The molecule has 2 aromatic heterocycles. The quantitative estimate of drug-likeness (QED) is 0.818. The van der Waals surface area contributed by atoms with E-state index in [-0.39, 0.29) is 11.5 Å². The van der Waals surface area contributed by atoms with Crippen molar-refractivity contribution in [2.24, 2.45) is 0 Å². The highest BCUT2D eigenvalue weighted by molar-refractivity contribution is 7.91. The number of sulfone groups is 1. The van der Waals surface area contributed by atoms with Crippen molar-refractivity contribution in [3.05, 3.63) is 44.8 Å². The maximum atomic E-state index is 11.8. The maximum absolute atomic E-state index is 11.8. The fraction of sp³-hybridized carbons (Fsp3) is 0.333. The SMILES string of the molecule is O=S(=O)(CCc1cccs1)CCc1cccs1. The Balaban J connectivity index is 1.82. The molecule has 0 bridgehead atoms. The van der Waals surface area contributed by atoms with Gasteiger partial charge in [0, 0.05) is 9.75 Å². The molecule has 0 N–H and O–H groups in total. The first-order chi connectivity index (χ1) is 8.16. The van der Waals surface area contributed by atoms with Gasteiger partial charge in [-0.2, -0.15) is 0 Å². The lowest BCUT2D eigenvalue weighted by Gasteiger charge is -2.02. The molecule has 0 aliphatic heterocycles. The maximum Gasteiger partial charge on any atom is 0.151 e. The highest BCUT2D eigenvalue weighted by Gasteiger charge is 2.11. The molecule has 0 aromatic carbocycles. The topological polar surface area (TPSA) is 34.1 Å². The Kier molecular flexibility index (Phi) is 4.36. The molecule has 5 heteroatoms. The predicted molar refractivity (Wildman–Crippen MR) is 74.7 cm³/mol. The number of rotatable bonds is 6. The standard InChI is InChI=1S/C12H14O2S3/c13-17(14,9-5-11-3-1-7-15-11)10-6-12-4-2-8-16-12/h1-4,7-8H,5-6,9-10H2. The predicted octanol–water partition coefficient (Wildman–Crippen LogP) is 3.01. The highest BCUT2D eigenvalue weighted by atomic mass is 32.2. The van der Waals surface area contributed by atoms with Crippen LogP contribution in [0.5, 0.6) is 0 Å². The van der Waals surface area contributed by atoms with Gasteiger partial charge in [0.1, 0.15) is 0 Å². The summed E-state index contributed by atoms with van der Waals surface area (Å²) in [6.07, 6.45) is 1.29. The summed E-state index contributed by atoms with van der Waals surface area (Å²) in [6.45, 7) is 0. The molecule has 0 radical (unpaired) electrons. The average Bonchev–Trinajstić information content (AvgIpc) is 2.97. The lowest BCUT2D eigenvalue weighted by atomic mass is 10.4. The van der Waals surface area contributed by atoms with Gasteiger partial charge in [-0.15, -0.1) is 22.7 Å². The van der Waals surface area contributed by atoms with Gasteiger partial charge >= 0.3 is 0 Å². The van der Waals surface area contributed by atoms with E-state index in [1.165, 1.54) is 0 Å². The molecular formula is C12H14O2S3. The van der Waals surface area contributed by atoms with E-state index in [0.29, 0.717) is 12.8 Å². The molecule has 0 saturated heterocycles. The molecule has 0 fully saturated rings. The van der Waals surface area contributed by atoms with E-state index in [1.54, 1.807) is 22.7 Å². The fourth-order valence-corrected chi connectivity index (χ4v) is 4.47. The highest BCUT2D eigenvalue weighted by Crippen LogP contribution is 2.13. The van der Waals surface area contributed by atoms with Crippen molar-refractivity contribution < 1.29 is 8.42 Å². The van der Waals surface area contributed by atoms with Crippen LogP contribution in [0, 0.1) is 0 Å². The molecule has 92 valence electrons. The molecule has 0 atom stereocenters. The molecule has 0 saturated carbocycles. The number of thiophene rings is 2. The normalized spacial score (nSPS) is 11.8. The third-order valence-electron chi connectivity index (χ3n) is 2.48. The molecule has 0 amide bonds. The first-order valence-corrected chi connectivity index (χ1v) is 8.99. The minimum absolute atomic E-state index is 0.263. The second-order valence-corrected chi connectivity index (χ2v) is 8.18. The molecule has 2 nitrogen and oxygen atoms in total. The van der Waals surface area contributed by atoms with E-state index in [0.717, 1.165) is 9.75 Å². The van der Waals surface area contributed by atoms with Crippen molar-refractivity contribution in [3.8, 4) is 0 Å². The second kappa shape index (κ2) is 5.80. The fourth-order valence-electron chi connectivity index (χ4n) is 1.52. The molecular weight excluding hydrogens is 272 g/mol. The van der Waals surface area contributed by atoms with E-state index in [2.05, 4.69) is 0 Å². The minimum Gasteiger partial charge on any atom is -0.229 e. The largest absolute Gasteiger partial charge is 0.229 e. The number of hydrogen-bond acceptors (Lipinski definition) is 4. The van der Waals surface area contributed by atoms with Gasteiger partial charge in [-0.05, 0) is 35.7 Å². The number of hydrogen-bond donors (Lipinski definition) is 0. The monoisotopic (exact) mass is 286 g/mol. The summed E-state index contributed by atoms with van der Waals surface area (Å²) < 4.78 is 23.7. The van der Waals surface area contributed by atoms with Crippen LogP contribution in [-0.2, 0) is 22.7 Å². The molecule has 0 aliphatic rings. The molecule has 17 heavy (non-hydrogen) atoms. The van der Waals surface area contributed by atoms with Crippen LogP contribution < -0.4 is 0 Å². The Hall–Kier alpha value is -0.650. The van der Waals surface area contributed by atoms with Gasteiger partial charge in [-0.3, -0.25) is 0 Å². The van der Waals surface area contributed by atoms with Gasteiger partial charge in [0.15, 0.2) is 9.84 Å². The molecule has 2 aromatic rings. The molecule has 0 aliphatic carbocycles. The van der Waals surface area contributed by atoms with Gasteiger partial charge in [-0.25, -0.2) is 8.42 Å². The summed E-state index contributed by atoms with van der Waals surface area (Å²) in [6, 6.07) is 7.88. The van der Waals surface area contributed by atoms with E-state index < -0.39 is 9.84 Å². The smallest absolute Gasteiger partial charge is 0.151 e. The van der Waals surface area contributed by atoms with Gasteiger partial charge in [-0.1, -0.05) is 12.1 Å². The van der Waals surface area contributed by atoms with E-state index in [9.17, 15) is 8.42 Å². The van der Waals surface area contributed by atoms with Crippen molar-refractivity contribution in [1.29, 1.82) is 0 Å². The summed E-state index contributed by atoms with van der Waals surface area (Å²) in [5.74, 6) is 0.526. The van der Waals surface area contributed by atoms with Crippen LogP contribution in [0.2, 0.25) is 0 Å². The summed E-state index contributed by atoms with van der Waals surface area (Å²) in [7, 11) is -2.92. The van der Waals surface area contributed by atoms with Crippen molar-refractivity contribution in [2.75, 3.05) is 11.5 Å². The molecule has 0 unspecified atom stereocenters. The Labute approximate surface area is 110 Å². The Morgan fingerprint density at radius 3 is 1.71 bits per heavy atom. The summed E-state index contributed by atoms with van der Waals surface area (Å²) in [4.78, 5) is 2.29. The van der Waals surface area contributed by atoms with E-state index in [1.807, 2.05) is 35.0 Å². The zero-order valence-corrected chi connectivity index (χ0v) is 11.8. The van der Waals surface area contributed by atoms with Gasteiger partial charge < -0.3 is 0 Å². The molecule has 2 heterocycles. The summed E-state index contributed by atoms with van der Waals surface area (Å²) >= 11 is 3.23. The van der Waals surface area contributed by atoms with Gasteiger partial charge in [0.2, 0.25) is 0 Å². The first-order valence-electron chi connectivity index (χ1n) is 5.41. The van der Waals surface area contributed by atoms with E-state index in [4.69, 9.17) is 0 Å². The third-order valence-corrected chi connectivity index (χ3v) is 6.00. The van der Waals surface area contributed by atoms with Crippen LogP contribution in [-0.4, -0.2) is 19.9 Å². The lowest BCUT2D eigenvalue weighted by molar-refractivity contribution is 0.595. The zero-order valence-electron chi connectivity index (χ0n) is 9.33. The van der Waals surface area contributed by atoms with Crippen LogP contribution in [0.1, 0.15) is 9.75 Å². The molecule has 0 spiro atoms. The minimum atomic E-state index is -2.92. The Morgan fingerprint density at radius 1 is 0.882 bits per heavy atom.